The number of amides is 1. The molecule has 0 radical (unpaired) electrons. The standard InChI is InChI=1S/C27H23Cl2NO5/c1-2-35-22-15-18(7-12-21(22)29)25(32)23-24(17-5-10-20(31)11-6-17)30(27(34)26(23)33)14-13-16-3-8-19(28)9-4-16/h3-12,15,24,31-32H,2,13-14H2,1H3/b25-23-. The first-order valence-corrected chi connectivity index (χ1v) is 11.8. The molecule has 3 aromatic rings. The molecule has 180 valence electrons. The number of nitrogens with zero attached hydrogens (tertiary/aromatic N) is 1. The van der Waals surface area contributed by atoms with Gasteiger partial charge in [-0.1, -0.05) is 47.5 Å². The smallest absolute Gasteiger partial charge is 0.295 e. The van der Waals surface area contributed by atoms with Gasteiger partial charge >= 0.3 is 0 Å². The number of benzene rings is 3. The highest BCUT2D eigenvalue weighted by molar-refractivity contribution is 6.46. The van der Waals surface area contributed by atoms with Crippen LogP contribution in [0.4, 0.5) is 0 Å². The predicted molar refractivity (Wildman–Crippen MR) is 135 cm³/mol. The number of halogens is 2. The average Bonchev–Trinajstić information content (AvgIpc) is 3.10. The normalized spacial score (nSPS) is 17.1. The first-order chi connectivity index (χ1) is 16.8. The van der Waals surface area contributed by atoms with Gasteiger partial charge in [0.15, 0.2) is 0 Å². The van der Waals surface area contributed by atoms with Gasteiger partial charge in [-0.25, -0.2) is 0 Å². The maximum atomic E-state index is 13.2. The number of aromatic hydroxyl groups is 1. The third kappa shape index (κ3) is 5.14. The number of ether oxygens (including phenoxy) is 1. The molecule has 1 amide bonds. The van der Waals surface area contributed by atoms with Gasteiger partial charge in [-0.05, 0) is 66.9 Å². The second kappa shape index (κ2) is 10.4. The number of Topliss-reactive ketones (excluding diaryl/α,β-unsaturated/α-hetero) is 1. The van der Waals surface area contributed by atoms with Crippen molar-refractivity contribution in [2.45, 2.75) is 19.4 Å². The quantitative estimate of drug-likeness (QED) is 0.239. The summed E-state index contributed by atoms with van der Waals surface area (Å²) >= 11 is 12.1. The van der Waals surface area contributed by atoms with Crippen LogP contribution in [0.25, 0.3) is 5.76 Å². The summed E-state index contributed by atoms with van der Waals surface area (Å²) < 4.78 is 5.51. The number of ketones is 1. The first kappa shape index (κ1) is 24.6. The van der Waals surface area contributed by atoms with Crippen LogP contribution in [0.3, 0.4) is 0 Å². The number of phenolic OH excluding ortho intramolecular Hbond substituents is 1. The van der Waals surface area contributed by atoms with Crippen LogP contribution in [-0.2, 0) is 16.0 Å². The number of hydrogen-bond donors (Lipinski definition) is 2. The molecule has 4 rings (SSSR count). The number of likely N-dealkylation sites (tertiary alicyclic amines) is 1. The minimum absolute atomic E-state index is 0.0402. The fraction of sp³-hybridized carbons (Fsp3) is 0.185. The average molecular weight is 512 g/mol. The molecule has 0 aliphatic carbocycles. The Morgan fingerprint density at radius 2 is 1.69 bits per heavy atom. The molecule has 1 unspecified atom stereocenters. The van der Waals surface area contributed by atoms with Gasteiger partial charge in [0.05, 0.1) is 23.2 Å². The van der Waals surface area contributed by atoms with E-state index in [1.165, 1.54) is 23.1 Å². The Bertz CT molecular complexity index is 1290. The van der Waals surface area contributed by atoms with Crippen molar-refractivity contribution in [3.63, 3.8) is 0 Å². The first-order valence-electron chi connectivity index (χ1n) is 11.0. The second-order valence-electron chi connectivity index (χ2n) is 8.04. The summed E-state index contributed by atoms with van der Waals surface area (Å²) in [5.74, 6) is -1.42. The Morgan fingerprint density at radius 1 is 1.00 bits per heavy atom. The van der Waals surface area contributed by atoms with Crippen LogP contribution in [0.15, 0.2) is 72.3 Å². The molecule has 0 bridgehead atoms. The Kier molecular flexibility index (Phi) is 7.34. The summed E-state index contributed by atoms with van der Waals surface area (Å²) in [6, 6.07) is 17.3. The largest absolute Gasteiger partial charge is 0.508 e. The van der Waals surface area contributed by atoms with E-state index in [0.29, 0.717) is 39.9 Å². The van der Waals surface area contributed by atoms with E-state index in [4.69, 9.17) is 27.9 Å². The zero-order chi connectivity index (χ0) is 25.1. The summed E-state index contributed by atoms with van der Waals surface area (Å²) in [7, 11) is 0. The zero-order valence-corrected chi connectivity index (χ0v) is 20.4. The Balaban J connectivity index is 1.78. The molecule has 2 N–H and O–H groups in total. The molecule has 1 aliphatic heterocycles. The maximum absolute atomic E-state index is 13.2. The van der Waals surface area contributed by atoms with E-state index in [-0.39, 0.29) is 23.6 Å². The Morgan fingerprint density at radius 3 is 2.34 bits per heavy atom. The number of hydrogen-bond acceptors (Lipinski definition) is 5. The lowest BCUT2D eigenvalue weighted by atomic mass is 9.95. The van der Waals surface area contributed by atoms with Crippen LogP contribution in [0.1, 0.15) is 29.7 Å². The van der Waals surface area contributed by atoms with Crippen molar-refractivity contribution in [1.82, 2.24) is 4.90 Å². The van der Waals surface area contributed by atoms with Gasteiger partial charge in [0.2, 0.25) is 0 Å². The minimum atomic E-state index is -0.839. The van der Waals surface area contributed by atoms with E-state index in [1.807, 2.05) is 12.1 Å². The summed E-state index contributed by atoms with van der Waals surface area (Å²) in [5.41, 5.74) is 1.79. The summed E-state index contributed by atoms with van der Waals surface area (Å²) in [5, 5.41) is 22.0. The molecular formula is C27H23Cl2NO5. The number of rotatable bonds is 7. The molecule has 1 aliphatic rings. The highest BCUT2D eigenvalue weighted by Gasteiger charge is 2.45. The van der Waals surface area contributed by atoms with Crippen molar-refractivity contribution in [2.75, 3.05) is 13.2 Å². The number of carbonyl (C=O) groups is 2. The Hall–Kier alpha value is -3.48. The van der Waals surface area contributed by atoms with Gasteiger partial charge in [0, 0.05) is 17.1 Å². The predicted octanol–water partition coefficient (Wildman–Crippen LogP) is 5.76. The third-order valence-electron chi connectivity index (χ3n) is 5.81. The van der Waals surface area contributed by atoms with Crippen LogP contribution in [0.5, 0.6) is 11.5 Å². The molecule has 0 aromatic heterocycles. The molecule has 35 heavy (non-hydrogen) atoms. The number of phenols is 1. The lowest BCUT2D eigenvalue weighted by Gasteiger charge is -2.25. The van der Waals surface area contributed by atoms with Crippen LogP contribution in [-0.4, -0.2) is 40.0 Å². The maximum Gasteiger partial charge on any atom is 0.295 e. The van der Waals surface area contributed by atoms with Gasteiger partial charge in [-0.2, -0.15) is 0 Å². The molecular weight excluding hydrogens is 489 g/mol. The fourth-order valence-corrected chi connectivity index (χ4v) is 4.38. The molecule has 0 spiro atoms. The molecule has 1 atom stereocenters. The van der Waals surface area contributed by atoms with E-state index >= 15 is 0 Å². The topological polar surface area (TPSA) is 87.1 Å². The van der Waals surface area contributed by atoms with Gasteiger partial charge in [0.1, 0.15) is 17.3 Å². The van der Waals surface area contributed by atoms with Gasteiger partial charge in [0.25, 0.3) is 11.7 Å². The Labute approximate surface area is 213 Å². The highest BCUT2D eigenvalue weighted by atomic mass is 35.5. The summed E-state index contributed by atoms with van der Waals surface area (Å²) in [4.78, 5) is 27.7. The molecule has 3 aromatic carbocycles. The SMILES string of the molecule is CCOc1cc(/C(O)=C2/C(=O)C(=O)N(CCc3ccc(Cl)cc3)C2c2ccc(O)cc2)ccc1Cl. The van der Waals surface area contributed by atoms with E-state index in [0.717, 1.165) is 5.56 Å². The fourth-order valence-electron chi connectivity index (χ4n) is 4.09. The number of carbonyl (C=O) groups excluding carboxylic acids is 2. The monoisotopic (exact) mass is 511 g/mol. The lowest BCUT2D eigenvalue weighted by molar-refractivity contribution is -0.139. The van der Waals surface area contributed by atoms with Crippen LogP contribution in [0.2, 0.25) is 10.0 Å². The lowest BCUT2D eigenvalue weighted by Crippen LogP contribution is -2.31. The second-order valence-corrected chi connectivity index (χ2v) is 8.88. The van der Waals surface area contributed by atoms with Gasteiger partial charge < -0.3 is 19.8 Å². The van der Waals surface area contributed by atoms with E-state index in [1.54, 1.807) is 43.3 Å². The van der Waals surface area contributed by atoms with E-state index < -0.39 is 17.7 Å². The van der Waals surface area contributed by atoms with Crippen molar-refractivity contribution in [3.05, 3.63) is 99.0 Å². The van der Waals surface area contributed by atoms with Crippen LogP contribution < -0.4 is 4.74 Å². The zero-order valence-electron chi connectivity index (χ0n) is 18.9. The highest BCUT2D eigenvalue weighted by Crippen LogP contribution is 2.40. The molecule has 6 nitrogen and oxygen atoms in total. The summed E-state index contributed by atoms with van der Waals surface area (Å²) in [6.45, 7) is 2.41. The van der Waals surface area contributed by atoms with E-state index in [2.05, 4.69) is 0 Å². The van der Waals surface area contributed by atoms with Gasteiger partial charge in [-0.15, -0.1) is 0 Å². The number of aliphatic hydroxyl groups is 1. The molecule has 1 heterocycles. The molecule has 0 saturated carbocycles. The van der Waals surface area contributed by atoms with Crippen molar-refractivity contribution < 1.29 is 24.5 Å². The van der Waals surface area contributed by atoms with Crippen molar-refractivity contribution in [2.24, 2.45) is 0 Å². The third-order valence-corrected chi connectivity index (χ3v) is 6.37. The van der Waals surface area contributed by atoms with E-state index in [9.17, 15) is 19.8 Å². The minimum Gasteiger partial charge on any atom is -0.508 e. The van der Waals surface area contributed by atoms with Crippen molar-refractivity contribution in [1.29, 1.82) is 0 Å². The number of aliphatic hydroxyl groups excluding tert-OH is 1. The summed E-state index contributed by atoms with van der Waals surface area (Å²) in [6.07, 6.45) is 0.480. The molecule has 1 saturated heterocycles. The van der Waals surface area contributed by atoms with Crippen LogP contribution >= 0.6 is 23.2 Å². The van der Waals surface area contributed by atoms with Gasteiger partial charge in [-0.3, -0.25) is 9.59 Å². The van der Waals surface area contributed by atoms with Crippen molar-refractivity contribution >= 4 is 40.7 Å². The van der Waals surface area contributed by atoms with Crippen molar-refractivity contribution in [3.8, 4) is 11.5 Å². The molecule has 1 fully saturated rings. The van der Waals surface area contributed by atoms with Crippen LogP contribution in [0, 0.1) is 0 Å². The molecule has 8 heteroatoms.